The molecule has 0 aliphatic heterocycles. The van der Waals surface area contributed by atoms with Crippen LogP contribution in [0.2, 0.25) is 0 Å². The summed E-state index contributed by atoms with van der Waals surface area (Å²) in [7, 11) is 0. The third-order valence-corrected chi connectivity index (χ3v) is 2.73. The summed E-state index contributed by atoms with van der Waals surface area (Å²) in [6.45, 7) is 4.02. The van der Waals surface area contributed by atoms with E-state index in [9.17, 15) is 4.79 Å². The predicted octanol–water partition coefficient (Wildman–Crippen LogP) is 2.53. The quantitative estimate of drug-likeness (QED) is 0.809. The molecule has 0 fully saturated rings. The Hall–Kier alpha value is -2.34. The Kier molecular flexibility index (Phi) is 2.80. The van der Waals surface area contributed by atoms with E-state index in [-0.39, 0.29) is 11.1 Å². The molecule has 0 aliphatic carbocycles. The van der Waals surface area contributed by atoms with Crippen LogP contribution in [0.1, 0.15) is 16.7 Å². The summed E-state index contributed by atoms with van der Waals surface area (Å²) in [5.41, 5.74) is 3.96. The number of aromatic nitrogens is 1. The zero-order valence-electron chi connectivity index (χ0n) is 9.74. The summed E-state index contributed by atoms with van der Waals surface area (Å²) in [5, 5.41) is 8.84. The molecule has 17 heavy (non-hydrogen) atoms. The number of aromatic amines is 1. The average Bonchev–Trinajstić information content (AvgIpc) is 2.33. The minimum absolute atomic E-state index is 0.142. The van der Waals surface area contributed by atoms with Crippen LogP contribution >= 0.6 is 0 Å². The molecule has 0 saturated carbocycles. The molecule has 2 aromatic rings. The molecule has 84 valence electrons. The number of nitrogens with one attached hydrogen (secondary N) is 1. The molecule has 3 heteroatoms. The van der Waals surface area contributed by atoms with E-state index in [4.69, 9.17) is 5.26 Å². The van der Waals surface area contributed by atoms with Gasteiger partial charge in [-0.2, -0.15) is 5.26 Å². The molecule has 1 N–H and O–H groups in total. The normalized spacial score (nSPS) is 9.94. The number of hydrogen-bond acceptors (Lipinski definition) is 2. The second-order valence-electron chi connectivity index (χ2n) is 4.06. The molecule has 1 heterocycles. The summed E-state index contributed by atoms with van der Waals surface area (Å²) >= 11 is 0. The lowest BCUT2D eigenvalue weighted by molar-refractivity contribution is 1.21. The van der Waals surface area contributed by atoms with E-state index in [0.29, 0.717) is 0 Å². The van der Waals surface area contributed by atoms with Crippen LogP contribution in [0.4, 0.5) is 0 Å². The number of pyridine rings is 1. The van der Waals surface area contributed by atoms with E-state index in [1.54, 1.807) is 12.3 Å². The monoisotopic (exact) mass is 224 g/mol. The fourth-order valence-corrected chi connectivity index (χ4v) is 1.77. The molecule has 0 bridgehead atoms. The largest absolute Gasteiger partial charge is 0.327 e. The van der Waals surface area contributed by atoms with Gasteiger partial charge in [0.15, 0.2) is 0 Å². The molecule has 1 aromatic carbocycles. The van der Waals surface area contributed by atoms with Gasteiger partial charge in [-0.1, -0.05) is 23.8 Å². The summed E-state index contributed by atoms with van der Waals surface area (Å²) in [4.78, 5) is 13.9. The number of benzene rings is 1. The van der Waals surface area contributed by atoms with Crippen molar-refractivity contribution in [3.63, 3.8) is 0 Å². The number of H-pyrrole nitrogens is 1. The summed E-state index contributed by atoms with van der Waals surface area (Å²) in [6.07, 6.45) is 1.64. The number of hydrogen-bond donors (Lipinski definition) is 1. The topological polar surface area (TPSA) is 56.6 Å². The van der Waals surface area contributed by atoms with E-state index >= 15 is 0 Å². The maximum absolute atomic E-state index is 11.3. The van der Waals surface area contributed by atoms with E-state index in [1.807, 2.05) is 38.1 Å². The number of aryl methyl sites for hydroxylation is 2. The lowest BCUT2D eigenvalue weighted by Crippen LogP contribution is -2.09. The average molecular weight is 224 g/mol. The lowest BCUT2D eigenvalue weighted by atomic mass is 9.99. The highest BCUT2D eigenvalue weighted by molar-refractivity contribution is 5.68. The zero-order valence-corrected chi connectivity index (χ0v) is 9.74. The van der Waals surface area contributed by atoms with Crippen molar-refractivity contribution in [1.29, 1.82) is 5.26 Å². The minimum Gasteiger partial charge on any atom is -0.327 e. The smallest absolute Gasteiger partial charge is 0.265 e. The van der Waals surface area contributed by atoms with Gasteiger partial charge in [0, 0.05) is 6.20 Å². The molecule has 0 spiro atoms. The second-order valence-corrected chi connectivity index (χ2v) is 4.06. The van der Waals surface area contributed by atoms with Crippen molar-refractivity contribution in [2.45, 2.75) is 13.8 Å². The summed E-state index contributed by atoms with van der Waals surface area (Å²) < 4.78 is 0. The van der Waals surface area contributed by atoms with Crippen molar-refractivity contribution >= 4 is 0 Å². The Balaban J connectivity index is 2.65. The summed E-state index contributed by atoms with van der Waals surface area (Å²) in [5.74, 6) is 0. The second kappa shape index (κ2) is 4.26. The van der Waals surface area contributed by atoms with Gasteiger partial charge in [-0.05, 0) is 36.6 Å². The molecular weight excluding hydrogens is 212 g/mol. The molecule has 0 saturated heterocycles. The van der Waals surface area contributed by atoms with Gasteiger partial charge < -0.3 is 4.98 Å². The molecule has 3 nitrogen and oxygen atoms in total. The van der Waals surface area contributed by atoms with Gasteiger partial charge in [0.05, 0.1) is 0 Å². The third kappa shape index (κ3) is 2.11. The Bertz CT molecular complexity index is 663. The van der Waals surface area contributed by atoms with Crippen molar-refractivity contribution < 1.29 is 0 Å². The van der Waals surface area contributed by atoms with Gasteiger partial charge >= 0.3 is 0 Å². The van der Waals surface area contributed by atoms with Crippen LogP contribution in [0.15, 0.2) is 35.3 Å². The Morgan fingerprint density at radius 2 is 2.00 bits per heavy atom. The van der Waals surface area contributed by atoms with Gasteiger partial charge in [-0.25, -0.2) is 0 Å². The fourth-order valence-electron chi connectivity index (χ4n) is 1.77. The van der Waals surface area contributed by atoms with Crippen molar-refractivity contribution in [3.05, 3.63) is 57.5 Å². The SMILES string of the molecule is Cc1ccc(C)c(-c2c[nH]c(=O)c(C#N)c2)c1. The summed E-state index contributed by atoms with van der Waals surface area (Å²) in [6, 6.07) is 9.63. The molecule has 0 atom stereocenters. The van der Waals surface area contributed by atoms with E-state index in [1.165, 1.54) is 0 Å². The highest BCUT2D eigenvalue weighted by Crippen LogP contribution is 2.23. The minimum atomic E-state index is -0.346. The first-order valence-electron chi connectivity index (χ1n) is 5.32. The van der Waals surface area contributed by atoms with E-state index < -0.39 is 0 Å². The molecule has 1 aromatic heterocycles. The van der Waals surface area contributed by atoms with Crippen LogP contribution < -0.4 is 5.56 Å². The van der Waals surface area contributed by atoms with E-state index in [2.05, 4.69) is 4.98 Å². The lowest BCUT2D eigenvalue weighted by Gasteiger charge is -2.07. The molecular formula is C14H12N2O. The number of nitriles is 1. The van der Waals surface area contributed by atoms with Crippen molar-refractivity contribution in [2.75, 3.05) is 0 Å². The standard InChI is InChI=1S/C14H12N2O/c1-9-3-4-10(2)13(5-9)12-6-11(7-15)14(17)16-8-12/h3-6,8H,1-2H3,(H,16,17). The van der Waals surface area contributed by atoms with Crippen LogP contribution in [0.5, 0.6) is 0 Å². The zero-order chi connectivity index (χ0) is 12.4. The molecule has 0 amide bonds. The van der Waals surface area contributed by atoms with Crippen molar-refractivity contribution in [1.82, 2.24) is 4.98 Å². The molecule has 2 rings (SSSR count). The van der Waals surface area contributed by atoms with Crippen LogP contribution in [0.3, 0.4) is 0 Å². The van der Waals surface area contributed by atoms with Crippen LogP contribution in [-0.4, -0.2) is 4.98 Å². The van der Waals surface area contributed by atoms with Crippen molar-refractivity contribution in [2.24, 2.45) is 0 Å². The Morgan fingerprint density at radius 3 is 2.71 bits per heavy atom. The van der Waals surface area contributed by atoms with E-state index in [0.717, 1.165) is 22.3 Å². The molecule has 0 unspecified atom stereocenters. The Labute approximate surface area is 99.4 Å². The van der Waals surface area contributed by atoms with Crippen LogP contribution in [0.25, 0.3) is 11.1 Å². The first-order valence-corrected chi connectivity index (χ1v) is 5.32. The fraction of sp³-hybridized carbons (Fsp3) is 0.143. The molecule has 0 aliphatic rings. The first-order chi connectivity index (χ1) is 8.11. The maximum atomic E-state index is 11.3. The van der Waals surface area contributed by atoms with Gasteiger partial charge in [-0.15, -0.1) is 0 Å². The van der Waals surface area contributed by atoms with Gasteiger partial charge in [-0.3, -0.25) is 4.79 Å². The van der Waals surface area contributed by atoms with Gasteiger partial charge in [0.1, 0.15) is 11.6 Å². The van der Waals surface area contributed by atoms with Crippen molar-refractivity contribution in [3.8, 4) is 17.2 Å². The number of nitrogens with zero attached hydrogens (tertiary/aromatic N) is 1. The van der Waals surface area contributed by atoms with Gasteiger partial charge in [0.25, 0.3) is 5.56 Å². The highest BCUT2D eigenvalue weighted by Gasteiger charge is 2.05. The third-order valence-electron chi connectivity index (χ3n) is 2.73. The predicted molar refractivity (Wildman–Crippen MR) is 66.7 cm³/mol. The van der Waals surface area contributed by atoms with Crippen LogP contribution in [0, 0.1) is 25.2 Å². The highest BCUT2D eigenvalue weighted by atomic mass is 16.1. The van der Waals surface area contributed by atoms with Crippen LogP contribution in [-0.2, 0) is 0 Å². The Morgan fingerprint density at radius 1 is 1.24 bits per heavy atom. The number of rotatable bonds is 1. The maximum Gasteiger partial charge on any atom is 0.265 e. The molecule has 0 radical (unpaired) electrons. The first kappa shape index (κ1) is 11.2. The van der Waals surface area contributed by atoms with Gasteiger partial charge in [0.2, 0.25) is 0 Å².